The first-order valence-electron chi connectivity index (χ1n) is 6.76. The summed E-state index contributed by atoms with van der Waals surface area (Å²) in [7, 11) is 1.91. The minimum Gasteiger partial charge on any atom is -0.303 e. The SMILES string of the molecule is CCC(=O)C1CCC(c2cc(C)nn2C)=CC1C=O. The molecule has 19 heavy (non-hydrogen) atoms. The molecule has 1 aromatic heterocycles. The minimum absolute atomic E-state index is 0.138. The Morgan fingerprint density at radius 2 is 2.32 bits per heavy atom. The predicted molar refractivity (Wildman–Crippen MR) is 73.5 cm³/mol. The van der Waals surface area contributed by atoms with Crippen molar-refractivity contribution >= 4 is 17.6 Å². The number of carbonyl (C=O) groups is 2. The van der Waals surface area contributed by atoms with Crippen LogP contribution in [-0.2, 0) is 16.6 Å². The standard InChI is InChI=1S/C15H20N2O2/c1-4-15(19)13-6-5-11(8-12(13)9-18)14-7-10(2)16-17(14)3/h7-9,12-13H,4-6H2,1-3H3. The highest BCUT2D eigenvalue weighted by molar-refractivity contribution is 5.86. The van der Waals surface area contributed by atoms with Crippen molar-refractivity contribution in [2.75, 3.05) is 0 Å². The van der Waals surface area contributed by atoms with E-state index in [0.717, 1.165) is 36.1 Å². The number of ketones is 1. The van der Waals surface area contributed by atoms with Crippen LogP contribution >= 0.6 is 0 Å². The van der Waals surface area contributed by atoms with Crippen LogP contribution < -0.4 is 0 Å². The van der Waals surface area contributed by atoms with E-state index in [0.29, 0.717) is 6.42 Å². The van der Waals surface area contributed by atoms with E-state index in [1.54, 1.807) is 0 Å². The van der Waals surface area contributed by atoms with E-state index in [2.05, 4.69) is 5.10 Å². The van der Waals surface area contributed by atoms with Gasteiger partial charge in [0, 0.05) is 25.3 Å². The van der Waals surface area contributed by atoms with E-state index in [9.17, 15) is 9.59 Å². The number of rotatable bonds is 4. The predicted octanol–water partition coefficient (Wildman–Crippen LogP) is 2.32. The van der Waals surface area contributed by atoms with Crippen LogP contribution in [0.4, 0.5) is 0 Å². The molecule has 0 saturated heterocycles. The minimum atomic E-state index is -0.286. The molecule has 0 aliphatic heterocycles. The zero-order chi connectivity index (χ0) is 14.0. The molecule has 0 amide bonds. The summed E-state index contributed by atoms with van der Waals surface area (Å²) in [5, 5.41) is 4.33. The lowest BCUT2D eigenvalue weighted by molar-refractivity contribution is -0.126. The zero-order valence-corrected chi connectivity index (χ0v) is 11.7. The molecule has 102 valence electrons. The second-order valence-electron chi connectivity index (χ2n) is 5.16. The number of hydrogen-bond donors (Lipinski definition) is 0. The monoisotopic (exact) mass is 260 g/mol. The van der Waals surface area contributed by atoms with Crippen LogP contribution in [0.15, 0.2) is 12.1 Å². The molecule has 0 fully saturated rings. The summed E-state index contributed by atoms with van der Waals surface area (Å²) in [5.41, 5.74) is 3.14. The highest BCUT2D eigenvalue weighted by Gasteiger charge is 2.30. The Morgan fingerprint density at radius 3 is 2.84 bits per heavy atom. The summed E-state index contributed by atoms with van der Waals surface area (Å²) in [6.07, 6.45) is 4.95. The van der Waals surface area contributed by atoms with Crippen molar-refractivity contribution in [3.63, 3.8) is 0 Å². The van der Waals surface area contributed by atoms with Crippen molar-refractivity contribution in [3.8, 4) is 0 Å². The maximum Gasteiger partial charge on any atom is 0.136 e. The Hall–Kier alpha value is -1.71. The van der Waals surface area contributed by atoms with Crippen LogP contribution in [0.2, 0.25) is 0 Å². The Labute approximate surface area is 113 Å². The van der Waals surface area contributed by atoms with Gasteiger partial charge in [0.2, 0.25) is 0 Å². The van der Waals surface area contributed by atoms with Gasteiger partial charge >= 0.3 is 0 Å². The van der Waals surface area contributed by atoms with Gasteiger partial charge < -0.3 is 4.79 Å². The maximum atomic E-state index is 11.8. The third-order valence-corrected chi connectivity index (χ3v) is 3.83. The molecule has 0 aromatic carbocycles. The van der Waals surface area contributed by atoms with E-state index in [1.807, 2.05) is 37.7 Å². The number of hydrogen-bond acceptors (Lipinski definition) is 3. The van der Waals surface area contributed by atoms with Crippen LogP contribution in [0, 0.1) is 18.8 Å². The molecular formula is C15H20N2O2. The van der Waals surface area contributed by atoms with Crippen molar-refractivity contribution in [1.82, 2.24) is 9.78 Å². The van der Waals surface area contributed by atoms with Gasteiger partial charge in [0.05, 0.1) is 11.4 Å². The van der Waals surface area contributed by atoms with E-state index < -0.39 is 0 Å². The van der Waals surface area contributed by atoms with Crippen LogP contribution in [-0.4, -0.2) is 21.8 Å². The summed E-state index contributed by atoms with van der Waals surface area (Å²) in [6.45, 7) is 3.81. The highest BCUT2D eigenvalue weighted by Crippen LogP contribution is 2.34. The fraction of sp³-hybridized carbons (Fsp3) is 0.533. The van der Waals surface area contributed by atoms with E-state index in [1.165, 1.54) is 0 Å². The van der Waals surface area contributed by atoms with Gasteiger partial charge in [-0.15, -0.1) is 0 Å². The summed E-state index contributed by atoms with van der Waals surface area (Å²) in [5.74, 6) is -0.236. The van der Waals surface area contributed by atoms with Gasteiger partial charge in [0.15, 0.2) is 0 Å². The molecule has 2 atom stereocenters. The van der Waals surface area contributed by atoms with E-state index in [-0.39, 0.29) is 17.6 Å². The normalized spacial score (nSPS) is 23.0. The molecule has 0 saturated carbocycles. The molecule has 0 bridgehead atoms. The second-order valence-corrected chi connectivity index (χ2v) is 5.16. The number of allylic oxidation sites excluding steroid dienone is 2. The average molecular weight is 260 g/mol. The van der Waals surface area contributed by atoms with Crippen molar-refractivity contribution in [1.29, 1.82) is 0 Å². The van der Waals surface area contributed by atoms with Crippen LogP contribution in [0.25, 0.3) is 5.57 Å². The smallest absolute Gasteiger partial charge is 0.136 e. The lowest BCUT2D eigenvalue weighted by atomic mass is 9.77. The van der Waals surface area contributed by atoms with E-state index >= 15 is 0 Å². The molecule has 1 heterocycles. The molecule has 2 rings (SSSR count). The van der Waals surface area contributed by atoms with E-state index in [4.69, 9.17) is 0 Å². The third-order valence-electron chi connectivity index (χ3n) is 3.83. The largest absolute Gasteiger partial charge is 0.303 e. The van der Waals surface area contributed by atoms with Crippen molar-refractivity contribution < 1.29 is 9.59 Å². The summed E-state index contributed by atoms with van der Waals surface area (Å²) in [4.78, 5) is 23.1. The Morgan fingerprint density at radius 1 is 1.58 bits per heavy atom. The number of nitrogens with zero attached hydrogens (tertiary/aromatic N) is 2. The average Bonchev–Trinajstić information content (AvgIpc) is 2.76. The van der Waals surface area contributed by atoms with Crippen LogP contribution in [0.5, 0.6) is 0 Å². The molecule has 0 N–H and O–H groups in total. The fourth-order valence-electron chi connectivity index (χ4n) is 2.83. The van der Waals surface area contributed by atoms with Crippen molar-refractivity contribution in [3.05, 3.63) is 23.5 Å². The van der Waals surface area contributed by atoms with Gasteiger partial charge in [-0.3, -0.25) is 9.48 Å². The first-order valence-corrected chi connectivity index (χ1v) is 6.76. The number of Topliss-reactive ketones (excluding diaryl/α,β-unsaturated/α-hetero) is 1. The summed E-state index contributed by atoms with van der Waals surface area (Å²) in [6, 6.07) is 2.02. The number of aromatic nitrogens is 2. The molecule has 1 aliphatic rings. The molecule has 0 spiro atoms. The van der Waals surface area contributed by atoms with Gasteiger partial charge in [-0.05, 0) is 31.4 Å². The molecule has 4 heteroatoms. The Kier molecular flexibility index (Phi) is 3.98. The molecule has 0 radical (unpaired) electrons. The second kappa shape index (κ2) is 5.51. The van der Waals surface area contributed by atoms with Crippen LogP contribution in [0.1, 0.15) is 37.6 Å². The number of aryl methyl sites for hydroxylation is 2. The number of aldehydes is 1. The first-order chi connectivity index (χ1) is 9.06. The first kappa shape index (κ1) is 13.7. The molecular weight excluding hydrogens is 240 g/mol. The Bertz CT molecular complexity index is 528. The summed E-state index contributed by atoms with van der Waals surface area (Å²) < 4.78 is 1.84. The van der Waals surface area contributed by atoms with Crippen molar-refractivity contribution in [2.45, 2.75) is 33.1 Å². The topological polar surface area (TPSA) is 52.0 Å². The quantitative estimate of drug-likeness (QED) is 0.781. The molecule has 1 aromatic rings. The molecule has 1 aliphatic carbocycles. The van der Waals surface area contributed by atoms with Crippen molar-refractivity contribution in [2.24, 2.45) is 18.9 Å². The molecule has 4 nitrogen and oxygen atoms in total. The lowest BCUT2D eigenvalue weighted by Gasteiger charge is -2.25. The highest BCUT2D eigenvalue weighted by atomic mass is 16.1. The van der Waals surface area contributed by atoms with Gasteiger partial charge in [0.25, 0.3) is 0 Å². The summed E-state index contributed by atoms with van der Waals surface area (Å²) >= 11 is 0. The number of carbonyl (C=O) groups excluding carboxylic acids is 2. The van der Waals surface area contributed by atoms with Gasteiger partial charge in [-0.2, -0.15) is 5.10 Å². The van der Waals surface area contributed by atoms with Gasteiger partial charge in [-0.1, -0.05) is 13.0 Å². The zero-order valence-electron chi connectivity index (χ0n) is 11.7. The fourth-order valence-corrected chi connectivity index (χ4v) is 2.83. The van der Waals surface area contributed by atoms with Gasteiger partial charge in [0.1, 0.15) is 12.1 Å². The van der Waals surface area contributed by atoms with Gasteiger partial charge in [-0.25, -0.2) is 0 Å². The van der Waals surface area contributed by atoms with Crippen LogP contribution in [0.3, 0.4) is 0 Å². The maximum absolute atomic E-state index is 11.8. The molecule has 2 unspecified atom stereocenters. The Balaban J connectivity index is 2.30. The third kappa shape index (κ3) is 2.67. The lowest BCUT2D eigenvalue weighted by Crippen LogP contribution is -2.26.